The molecule has 0 spiro atoms. The van der Waals surface area contributed by atoms with Crippen LogP contribution < -0.4 is 5.73 Å². The zero-order valence-corrected chi connectivity index (χ0v) is 12.0. The van der Waals surface area contributed by atoms with Crippen molar-refractivity contribution in [3.05, 3.63) is 0 Å². The molecule has 0 aromatic rings. The van der Waals surface area contributed by atoms with Gasteiger partial charge in [-0.15, -0.1) is 0 Å². The van der Waals surface area contributed by atoms with E-state index in [1.54, 1.807) is 0 Å². The van der Waals surface area contributed by atoms with Gasteiger partial charge in [-0.3, -0.25) is 9.59 Å². The second kappa shape index (κ2) is 6.73. The zero-order chi connectivity index (χ0) is 14.4. The summed E-state index contributed by atoms with van der Waals surface area (Å²) in [5, 5.41) is 0. The molecule has 1 amide bonds. The fraction of sp³-hybridized carbons (Fsp3) is 0.846. The topological polar surface area (TPSA) is 78.6 Å². The fourth-order valence-electron chi connectivity index (χ4n) is 1.24. The average Bonchev–Trinajstić information content (AvgIpc) is 2.11. The second-order valence-corrected chi connectivity index (χ2v) is 5.91. The molecule has 5 nitrogen and oxygen atoms in total. The Morgan fingerprint density at radius 2 is 1.61 bits per heavy atom. The third kappa shape index (κ3) is 10.1. The van der Waals surface area contributed by atoms with Gasteiger partial charge in [0.1, 0.15) is 5.60 Å². The summed E-state index contributed by atoms with van der Waals surface area (Å²) in [6, 6.07) is 0. The van der Waals surface area contributed by atoms with Crippen LogP contribution in [0.25, 0.3) is 0 Å². The van der Waals surface area contributed by atoms with E-state index in [0.29, 0.717) is 13.0 Å². The summed E-state index contributed by atoms with van der Waals surface area (Å²) in [5.74, 6) is -0.907. The summed E-state index contributed by atoms with van der Waals surface area (Å²) < 4.78 is 10.9. The SMILES string of the molecule is CC(C)(C)OCCC(C)(C)OC(=O)CCC(N)=O. The highest BCUT2D eigenvalue weighted by atomic mass is 16.6. The number of ether oxygens (including phenoxy) is 2. The van der Waals surface area contributed by atoms with Crippen LogP contribution >= 0.6 is 0 Å². The van der Waals surface area contributed by atoms with E-state index in [1.165, 1.54) is 0 Å². The Morgan fingerprint density at radius 1 is 1.06 bits per heavy atom. The third-order valence-electron chi connectivity index (χ3n) is 2.20. The molecule has 0 aliphatic rings. The number of amides is 1. The van der Waals surface area contributed by atoms with Gasteiger partial charge in [-0.1, -0.05) is 0 Å². The standard InChI is InChI=1S/C13H25NO4/c1-12(2,3)17-9-8-13(4,5)18-11(16)7-6-10(14)15/h6-9H2,1-5H3,(H2,14,15). The molecule has 0 rings (SSSR count). The highest BCUT2D eigenvalue weighted by Crippen LogP contribution is 2.18. The van der Waals surface area contributed by atoms with E-state index >= 15 is 0 Å². The molecule has 5 heteroatoms. The molecule has 106 valence electrons. The Morgan fingerprint density at radius 3 is 2.06 bits per heavy atom. The van der Waals surface area contributed by atoms with E-state index in [-0.39, 0.29) is 18.4 Å². The molecular formula is C13H25NO4. The lowest BCUT2D eigenvalue weighted by molar-refractivity contribution is -0.159. The van der Waals surface area contributed by atoms with Crippen molar-refractivity contribution in [3.8, 4) is 0 Å². The van der Waals surface area contributed by atoms with Crippen LogP contribution in [0.5, 0.6) is 0 Å². The second-order valence-electron chi connectivity index (χ2n) is 5.91. The number of hydrogen-bond acceptors (Lipinski definition) is 4. The number of nitrogens with two attached hydrogens (primary N) is 1. The van der Waals surface area contributed by atoms with Crippen molar-refractivity contribution < 1.29 is 19.1 Å². The highest BCUT2D eigenvalue weighted by molar-refractivity contribution is 5.80. The lowest BCUT2D eigenvalue weighted by atomic mass is 10.1. The van der Waals surface area contributed by atoms with E-state index in [0.717, 1.165) is 0 Å². The zero-order valence-electron chi connectivity index (χ0n) is 12.0. The van der Waals surface area contributed by atoms with Gasteiger partial charge < -0.3 is 15.2 Å². The highest BCUT2D eigenvalue weighted by Gasteiger charge is 2.24. The minimum absolute atomic E-state index is 0.0212. The molecule has 0 aliphatic carbocycles. The van der Waals surface area contributed by atoms with Crippen molar-refractivity contribution in [2.75, 3.05) is 6.61 Å². The number of carbonyl (C=O) groups excluding carboxylic acids is 2. The first-order chi connectivity index (χ1) is 8.02. The number of rotatable bonds is 7. The van der Waals surface area contributed by atoms with Crippen molar-refractivity contribution in [3.63, 3.8) is 0 Å². The van der Waals surface area contributed by atoms with Crippen molar-refractivity contribution in [1.29, 1.82) is 0 Å². The summed E-state index contributed by atoms with van der Waals surface area (Å²) in [6.07, 6.45) is 0.652. The molecule has 2 N–H and O–H groups in total. The summed E-state index contributed by atoms with van der Waals surface area (Å²) >= 11 is 0. The summed E-state index contributed by atoms with van der Waals surface area (Å²) in [4.78, 5) is 22.0. The van der Waals surface area contributed by atoms with Gasteiger partial charge >= 0.3 is 5.97 Å². The third-order valence-corrected chi connectivity index (χ3v) is 2.20. The Labute approximate surface area is 109 Å². The maximum Gasteiger partial charge on any atom is 0.306 e. The summed E-state index contributed by atoms with van der Waals surface area (Å²) in [7, 11) is 0. The lowest BCUT2D eigenvalue weighted by Crippen LogP contribution is -2.32. The predicted molar refractivity (Wildman–Crippen MR) is 68.9 cm³/mol. The maximum atomic E-state index is 11.5. The summed E-state index contributed by atoms with van der Waals surface area (Å²) in [5.41, 5.74) is 4.17. The van der Waals surface area contributed by atoms with Crippen LogP contribution in [0.2, 0.25) is 0 Å². The van der Waals surface area contributed by atoms with Gasteiger partial charge in [-0.05, 0) is 34.6 Å². The van der Waals surface area contributed by atoms with Crippen LogP contribution in [-0.2, 0) is 19.1 Å². The first-order valence-electron chi connectivity index (χ1n) is 6.16. The lowest BCUT2D eigenvalue weighted by Gasteiger charge is -2.27. The molecule has 0 aromatic heterocycles. The van der Waals surface area contributed by atoms with E-state index in [4.69, 9.17) is 15.2 Å². The van der Waals surface area contributed by atoms with Gasteiger partial charge in [0.15, 0.2) is 0 Å². The maximum absolute atomic E-state index is 11.5. The molecule has 0 fully saturated rings. The fourth-order valence-corrected chi connectivity index (χ4v) is 1.24. The van der Waals surface area contributed by atoms with E-state index in [2.05, 4.69) is 0 Å². The van der Waals surface area contributed by atoms with Crippen LogP contribution in [0.1, 0.15) is 53.9 Å². The smallest absolute Gasteiger partial charge is 0.306 e. The van der Waals surface area contributed by atoms with Crippen molar-refractivity contribution in [2.24, 2.45) is 5.73 Å². The number of primary amides is 1. The molecule has 0 atom stereocenters. The van der Waals surface area contributed by atoms with Gasteiger partial charge in [0.25, 0.3) is 0 Å². The predicted octanol–water partition coefficient (Wildman–Crippen LogP) is 1.78. The monoisotopic (exact) mass is 259 g/mol. The van der Waals surface area contributed by atoms with E-state index < -0.39 is 17.5 Å². The molecule has 0 aliphatic heterocycles. The molecule has 0 saturated heterocycles. The Kier molecular flexibility index (Phi) is 6.32. The van der Waals surface area contributed by atoms with Crippen LogP contribution in [0.3, 0.4) is 0 Å². The Hall–Kier alpha value is -1.10. The molecule has 0 unspecified atom stereocenters. The van der Waals surface area contributed by atoms with E-state index in [9.17, 15) is 9.59 Å². The van der Waals surface area contributed by atoms with Gasteiger partial charge in [0, 0.05) is 12.8 Å². The van der Waals surface area contributed by atoms with Crippen LogP contribution in [-0.4, -0.2) is 29.7 Å². The molecule has 0 bridgehead atoms. The Balaban J connectivity index is 3.99. The number of hydrogen-bond donors (Lipinski definition) is 1. The van der Waals surface area contributed by atoms with Crippen molar-refractivity contribution in [2.45, 2.75) is 65.1 Å². The van der Waals surface area contributed by atoms with Gasteiger partial charge in [0.2, 0.25) is 5.91 Å². The Bertz CT molecular complexity index is 292. The molecule has 0 radical (unpaired) electrons. The first-order valence-corrected chi connectivity index (χ1v) is 6.16. The largest absolute Gasteiger partial charge is 0.460 e. The molecule has 0 heterocycles. The first kappa shape index (κ1) is 16.9. The molecular weight excluding hydrogens is 234 g/mol. The average molecular weight is 259 g/mol. The van der Waals surface area contributed by atoms with Gasteiger partial charge in [0.05, 0.1) is 18.6 Å². The quantitative estimate of drug-likeness (QED) is 0.707. The van der Waals surface area contributed by atoms with Gasteiger partial charge in [-0.2, -0.15) is 0 Å². The van der Waals surface area contributed by atoms with Crippen molar-refractivity contribution in [1.82, 2.24) is 0 Å². The number of carbonyl (C=O) groups is 2. The van der Waals surface area contributed by atoms with E-state index in [1.807, 2.05) is 34.6 Å². The van der Waals surface area contributed by atoms with Crippen LogP contribution in [0, 0.1) is 0 Å². The minimum atomic E-state index is -0.597. The minimum Gasteiger partial charge on any atom is -0.460 e. The molecule has 0 aromatic carbocycles. The number of esters is 1. The van der Waals surface area contributed by atoms with Crippen LogP contribution in [0.15, 0.2) is 0 Å². The van der Waals surface area contributed by atoms with Crippen molar-refractivity contribution >= 4 is 11.9 Å². The normalized spacial score (nSPS) is 12.3. The summed E-state index contributed by atoms with van der Waals surface area (Å²) in [6.45, 7) is 10.1. The molecule has 0 saturated carbocycles. The van der Waals surface area contributed by atoms with Gasteiger partial charge in [-0.25, -0.2) is 0 Å². The van der Waals surface area contributed by atoms with Crippen LogP contribution in [0.4, 0.5) is 0 Å². The molecule has 18 heavy (non-hydrogen) atoms.